The number of aryl methyl sites for hydroxylation is 1. The van der Waals surface area contributed by atoms with E-state index in [1.807, 2.05) is 27.4 Å². The third-order valence-corrected chi connectivity index (χ3v) is 5.63. The van der Waals surface area contributed by atoms with Gasteiger partial charge in [0.25, 0.3) is 5.91 Å². The second-order valence-electron chi connectivity index (χ2n) is 6.59. The summed E-state index contributed by atoms with van der Waals surface area (Å²) in [6.07, 6.45) is 8.22. The third-order valence-electron chi connectivity index (χ3n) is 4.83. The fourth-order valence-corrected chi connectivity index (χ4v) is 4.11. The Morgan fingerprint density at radius 1 is 1.39 bits per heavy atom. The molecule has 5 nitrogen and oxygen atoms in total. The molecule has 0 radical (unpaired) electrons. The largest absolute Gasteiger partial charge is 0.338 e. The molecule has 0 N–H and O–H groups in total. The van der Waals surface area contributed by atoms with Gasteiger partial charge in [0.1, 0.15) is 0 Å². The molecule has 0 aromatic carbocycles. The smallest absolute Gasteiger partial charge is 0.257 e. The quantitative estimate of drug-likeness (QED) is 0.847. The van der Waals surface area contributed by atoms with E-state index in [1.54, 1.807) is 11.3 Å². The van der Waals surface area contributed by atoms with E-state index < -0.39 is 0 Å². The van der Waals surface area contributed by atoms with Gasteiger partial charge in [-0.2, -0.15) is 5.10 Å². The first-order chi connectivity index (χ1) is 11.2. The van der Waals surface area contributed by atoms with Gasteiger partial charge in [-0.3, -0.25) is 9.48 Å². The molecule has 1 amide bonds. The monoisotopic (exact) mass is 330 g/mol. The van der Waals surface area contributed by atoms with Crippen molar-refractivity contribution in [2.24, 2.45) is 5.92 Å². The van der Waals surface area contributed by atoms with Crippen molar-refractivity contribution in [2.75, 3.05) is 13.1 Å². The summed E-state index contributed by atoms with van der Waals surface area (Å²) in [6, 6.07) is 0. The lowest BCUT2D eigenvalue weighted by Crippen LogP contribution is -2.29. The number of carbonyl (C=O) groups is 1. The summed E-state index contributed by atoms with van der Waals surface area (Å²) >= 11 is 1.71. The van der Waals surface area contributed by atoms with Crippen LogP contribution in [-0.4, -0.2) is 38.7 Å². The van der Waals surface area contributed by atoms with Crippen LogP contribution in [-0.2, 0) is 13.0 Å². The van der Waals surface area contributed by atoms with Crippen LogP contribution in [0.2, 0.25) is 0 Å². The van der Waals surface area contributed by atoms with E-state index in [4.69, 9.17) is 0 Å². The lowest BCUT2D eigenvalue weighted by Gasteiger charge is -2.16. The van der Waals surface area contributed by atoms with Crippen molar-refractivity contribution in [3.63, 3.8) is 0 Å². The SMILES string of the molecule is CCn1cc(C(=O)N2CCC(Cc3nccs3)C2)c(C2CC2)n1. The Kier molecular flexibility index (Phi) is 3.93. The molecule has 1 aliphatic heterocycles. The molecular weight excluding hydrogens is 308 g/mol. The van der Waals surface area contributed by atoms with E-state index in [9.17, 15) is 4.79 Å². The van der Waals surface area contributed by atoms with Gasteiger partial charge in [0.05, 0.1) is 16.3 Å². The molecule has 122 valence electrons. The van der Waals surface area contributed by atoms with Crippen LogP contribution in [0.3, 0.4) is 0 Å². The lowest BCUT2D eigenvalue weighted by molar-refractivity contribution is 0.0786. The fraction of sp³-hybridized carbons (Fsp3) is 0.588. The van der Waals surface area contributed by atoms with E-state index in [1.165, 1.54) is 17.8 Å². The van der Waals surface area contributed by atoms with Crippen LogP contribution in [0.25, 0.3) is 0 Å². The van der Waals surface area contributed by atoms with Gasteiger partial charge >= 0.3 is 0 Å². The Balaban J connectivity index is 1.46. The third kappa shape index (κ3) is 3.04. The normalized spacial score (nSPS) is 21.1. The fourth-order valence-electron chi connectivity index (χ4n) is 3.38. The van der Waals surface area contributed by atoms with Crippen molar-refractivity contribution in [3.8, 4) is 0 Å². The van der Waals surface area contributed by atoms with Crippen LogP contribution in [0.4, 0.5) is 0 Å². The van der Waals surface area contributed by atoms with Gasteiger partial charge in [-0.25, -0.2) is 4.98 Å². The minimum Gasteiger partial charge on any atom is -0.338 e. The standard InChI is InChI=1S/C17H22N4OS/c1-2-21-11-14(16(19-21)13-3-4-13)17(22)20-7-5-12(10-20)9-15-18-6-8-23-15/h6,8,11-13H,2-5,7,9-10H2,1H3. The summed E-state index contributed by atoms with van der Waals surface area (Å²) in [5, 5.41) is 7.83. The predicted octanol–water partition coefficient (Wildman–Crippen LogP) is 2.94. The molecule has 0 bridgehead atoms. The minimum absolute atomic E-state index is 0.174. The molecule has 3 heterocycles. The average Bonchev–Trinajstić information content (AvgIpc) is 2.98. The number of rotatable bonds is 5. The molecule has 0 spiro atoms. The summed E-state index contributed by atoms with van der Waals surface area (Å²) < 4.78 is 1.91. The Hall–Kier alpha value is -1.69. The molecule has 1 aliphatic carbocycles. The van der Waals surface area contributed by atoms with Crippen molar-refractivity contribution in [2.45, 2.75) is 45.1 Å². The summed E-state index contributed by atoms with van der Waals surface area (Å²) in [5.41, 5.74) is 1.87. The number of hydrogen-bond acceptors (Lipinski definition) is 4. The summed E-state index contributed by atoms with van der Waals surface area (Å²) in [4.78, 5) is 19.3. The second-order valence-corrected chi connectivity index (χ2v) is 7.57. The zero-order valence-corrected chi connectivity index (χ0v) is 14.3. The van der Waals surface area contributed by atoms with Crippen LogP contribution < -0.4 is 0 Å². The zero-order valence-electron chi connectivity index (χ0n) is 13.4. The zero-order chi connectivity index (χ0) is 15.8. The van der Waals surface area contributed by atoms with Crippen LogP contribution in [0.15, 0.2) is 17.8 Å². The Bertz CT molecular complexity index is 690. The van der Waals surface area contributed by atoms with Gasteiger partial charge in [-0.05, 0) is 32.1 Å². The number of nitrogens with zero attached hydrogens (tertiary/aromatic N) is 4. The van der Waals surface area contributed by atoms with Crippen molar-refractivity contribution in [3.05, 3.63) is 34.0 Å². The second kappa shape index (κ2) is 6.07. The maximum absolute atomic E-state index is 12.9. The van der Waals surface area contributed by atoms with Crippen molar-refractivity contribution in [1.29, 1.82) is 0 Å². The van der Waals surface area contributed by atoms with Crippen molar-refractivity contribution in [1.82, 2.24) is 19.7 Å². The Morgan fingerprint density at radius 2 is 2.26 bits per heavy atom. The maximum atomic E-state index is 12.9. The van der Waals surface area contributed by atoms with Gasteiger partial charge in [-0.1, -0.05) is 0 Å². The van der Waals surface area contributed by atoms with Gasteiger partial charge in [-0.15, -0.1) is 11.3 Å². The van der Waals surface area contributed by atoms with Crippen molar-refractivity contribution < 1.29 is 4.79 Å². The number of likely N-dealkylation sites (tertiary alicyclic amines) is 1. The Morgan fingerprint density at radius 3 is 2.96 bits per heavy atom. The highest BCUT2D eigenvalue weighted by atomic mass is 32.1. The van der Waals surface area contributed by atoms with Crippen molar-refractivity contribution >= 4 is 17.2 Å². The number of carbonyl (C=O) groups excluding carboxylic acids is 1. The molecule has 1 atom stereocenters. The van der Waals surface area contributed by atoms with E-state index in [-0.39, 0.29) is 5.91 Å². The van der Waals surface area contributed by atoms with E-state index in [0.29, 0.717) is 11.8 Å². The number of amides is 1. The first-order valence-electron chi connectivity index (χ1n) is 8.49. The molecule has 1 saturated heterocycles. The first kappa shape index (κ1) is 14.9. The molecular formula is C17H22N4OS. The molecule has 2 aromatic rings. The van der Waals surface area contributed by atoms with Gasteiger partial charge in [0.15, 0.2) is 0 Å². The van der Waals surface area contributed by atoms with Gasteiger partial charge in [0.2, 0.25) is 0 Å². The van der Waals surface area contributed by atoms with E-state index in [2.05, 4.69) is 17.0 Å². The molecule has 2 fully saturated rings. The average molecular weight is 330 g/mol. The topological polar surface area (TPSA) is 51.0 Å². The van der Waals surface area contributed by atoms with E-state index in [0.717, 1.165) is 43.7 Å². The van der Waals surface area contributed by atoms with Crippen LogP contribution in [0.5, 0.6) is 0 Å². The number of aromatic nitrogens is 3. The van der Waals surface area contributed by atoms with Crippen LogP contribution in [0.1, 0.15) is 53.2 Å². The van der Waals surface area contributed by atoms with Gasteiger partial charge in [0, 0.05) is 49.7 Å². The molecule has 2 aliphatic rings. The predicted molar refractivity (Wildman–Crippen MR) is 89.7 cm³/mol. The van der Waals surface area contributed by atoms with Gasteiger partial charge < -0.3 is 4.90 Å². The molecule has 1 unspecified atom stereocenters. The van der Waals surface area contributed by atoms with Crippen LogP contribution in [0, 0.1) is 5.92 Å². The number of thiazole rings is 1. The first-order valence-corrected chi connectivity index (χ1v) is 9.37. The molecule has 2 aromatic heterocycles. The minimum atomic E-state index is 0.174. The summed E-state index contributed by atoms with van der Waals surface area (Å²) in [7, 11) is 0. The molecule has 4 rings (SSSR count). The summed E-state index contributed by atoms with van der Waals surface area (Å²) in [5.74, 6) is 1.22. The summed E-state index contributed by atoms with van der Waals surface area (Å²) in [6.45, 7) is 4.59. The molecule has 6 heteroatoms. The molecule has 1 saturated carbocycles. The van der Waals surface area contributed by atoms with E-state index >= 15 is 0 Å². The van der Waals surface area contributed by atoms with Crippen LogP contribution >= 0.6 is 11.3 Å². The Labute approximate surface area is 140 Å². The highest BCUT2D eigenvalue weighted by Gasteiger charge is 2.35. The molecule has 23 heavy (non-hydrogen) atoms. The highest BCUT2D eigenvalue weighted by molar-refractivity contribution is 7.09. The lowest BCUT2D eigenvalue weighted by atomic mass is 10.1. The maximum Gasteiger partial charge on any atom is 0.257 e. The number of hydrogen-bond donors (Lipinski definition) is 0. The highest BCUT2D eigenvalue weighted by Crippen LogP contribution is 2.41.